The number of hydrogen-bond acceptors (Lipinski definition) is 2. The van der Waals surface area contributed by atoms with Gasteiger partial charge < -0.3 is 10.6 Å². The first-order valence-electron chi connectivity index (χ1n) is 7.88. The molecule has 1 heterocycles. The van der Waals surface area contributed by atoms with Crippen LogP contribution in [0.3, 0.4) is 0 Å². The number of carbonyl (C=O) groups excluding carboxylic acids is 1. The van der Waals surface area contributed by atoms with E-state index in [1.165, 1.54) is 12.8 Å². The maximum atomic E-state index is 12.0. The average Bonchev–Trinajstić information content (AvgIpc) is 2.46. The topological polar surface area (TPSA) is 41.1 Å². The largest absolute Gasteiger partial charge is 0.353 e. The summed E-state index contributed by atoms with van der Waals surface area (Å²) in [5.41, 5.74) is 1.16. The molecule has 1 aromatic carbocycles. The first-order valence-corrected chi connectivity index (χ1v) is 8.26. The molecular formula is C17H25ClN2O. The van der Waals surface area contributed by atoms with Crippen molar-refractivity contribution in [1.29, 1.82) is 0 Å². The Kier molecular flexibility index (Phi) is 6.52. The van der Waals surface area contributed by atoms with E-state index < -0.39 is 0 Å². The molecule has 1 saturated heterocycles. The highest BCUT2D eigenvalue weighted by molar-refractivity contribution is 6.30. The lowest BCUT2D eigenvalue weighted by Crippen LogP contribution is -2.35. The summed E-state index contributed by atoms with van der Waals surface area (Å²) in [4.78, 5) is 12.0. The molecule has 4 heteroatoms. The lowest BCUT2D eigenvalue weighted by Gasteiger charge is -2.22. The van der Waals surface area contributed by atoms with E-state index in [-0.39, 0.29) is 11.9 Å². The molecule has 1 aliphatic heterocycles. The van der Waals surface area contributed by atoms with Gasteiger partial charge in [-0.15, -0.1) is 0 Å². The Morgan fingerprint density at radius 1 is 1.52 bits per heavy atom. The number of amides is 1. The van der Waals surface area contributed by atoms with Gasteiger partial charge in [-0.1, -0.05) is 23.7 Å². The van der Waals surface area contributed by atoms with E-state index in [2.05, 4.69) is 10.6 Å². The zero-order chi connectivity index (χ0) is 15.1. The number of nitrogens with one attached hydrogen (secondary N) is 2. The molecule has 0 bridgehead atoms. The molecule has 0 aromatic heterocycles. The van der Waals surface area contributed by atoms with Gasteiger partial charge in [-0.2, -0.15) is 0 Å². The molecule has 21 heavy (non-hydrogen) atoms. The minimum Gasteiger partial charge on any atom is -0.353 e. The van der Waals surface area contributed by atoms with Gasteiger partial charge >= 0.3 is 0 Å². The number of piperidine rings is 1. The quantitative estimate of drug-likeness (QED) is 0.847. The van der Waals surface area contributed by atoms with Gasteiger partial charge in [-0.05, 0) is 69.3 Å². The number of hydrogen-bond donors (Lipinski definition) is 2. The lowest BCUT2D eigenvalue weighted by molar-refractivity contribution is -0.122. The molecule has 2 atom stereocenters. The third kappa shape index (κ3) is 6.06. The highest BCUT2D eigenvalue weighted by atomic mass is 35.5. The second kappa shape index (κ2) is 8.40. The van der Waals surface area contributed by atoms with Crippen LogP contribution in [0.2, 0.25) is 5.02 Å². The Bertz CT molecular complexity index is 458. The second-order valence-corrected chi connectivity index (χ2v) is 6.49. The van der Waals surface area contributed by atoms with Crippen molar-refractivity contribution in [2.45, 2.75) is 45.1 Å². The Labute approximate surface area is 132 Å². The predicted molar refractivity (Wildman–Crippen MR) is 87.6 cm³/mol. The van der Waals surface area contributed by atoms with E-state index in [9.17, 15) is 4.79 Å². The second-order valence-electron chi connectivity index (χ2n) is 6.05. The number of rotatable bonds is 6. The van der Waals surface area contributed by atoms with Crippen molar-refractivity contribution in [3.63, 3.8) is 0 Å². The zero-order valence-corrected chi connectivity index (χ0v) is 13.5. The number of carbonyl (C=O) groups is 1. The molecule has 1 aliphatic rings. The van der Waals surface area contributed by atoms with Gasteiger partial charge in [-0.3, -0.25) is 4.79 Å². The summed E-state index contributed by atoms with van der Waals surface area (Å²) < 4.78 is 0. The van der Waals surface area contributed by atoms with Crippen molar-refractivity contribution in [1.82, 2.24) is 10.6 Å². The van der Waals surface area contributed by atoms with Crippen LogP contribution >= 0.6 is 11.6 Å². The first kappa shape index (κ1) is 16.3. The van der Waals surface area contributed by atoms with Crippen LogP contribution in [0.5, 0.6) is 0 Å². The SMILES string of the molecule is CC(Cc1cccc(Cl)c1)NC(=O)CCC1CCCNC1. The first-order chi connectivity index (χ1) is 10.1. The van der Waals surface area contributed by atoms with Crippen LogP contribution in [0.1, 0.15) is 38.2 Å². The molecule has 2 N–H and O–H groups in total. The van der Waals surface area contributed by atoms with Crippen molar-refractivity contribution in [3.05, 3.63) is 34.9 Å². The van der Waals surface area contributed by atoms with E-state index >= 15 is 0 Å². The van der Waals surface area contributed by atoms with Crippen molar-refractivity contribution in [2.75, 3.05) is 13.1 Å². The molecular weight excluding hydrogens is 284 g/mol. The minimum absolute atomic E-state index is 0.139. The Hall–Kier alpha value is -1.06. The summed E-state index contributed by atoms with van der Waals surface area (Å²) >= 11 is 5.98. The fourth-order valence-corrected chi connectivity index (χ4v) is 3.13. The molecule has 0 radical (unpaired) electrons. The van der Waals surface area contributed by atoms with Crippen LogP contribution in [0.25, 0.3) is 0 Å². The Balaban J connectivity index is 1.69. The Morgan fingerprint density at radius 3 is 3.10 bits per heavy atom. The van der Waals surface area contributed by atoms with Crippen LogP contribution in [0.15, 0.2) is 24.3 Å². The van der Waals surface area contributed by atoms with Gasteiger partial charge in [-0.25, -0.2) is 0 Å². The van der Waals surface area contributed by atoms with Gasteiger partial charge in [0.15, 0.2) is 0 Å². The van der Waals surface area contributed by atoms with Crippen LogP contribution < -0.4 is 10.6 Å². The zero-order valence-electron chi connectivity index (χ0n) is 12.7. The summed E-state index contributed by atoms with van der Waals surface area (Å²) in [6, 6.07) is 7.95. The van der Waals surface area contributed by atoms with Gasteiger partial charge in [0.25, 0.3) is 0 Å². The van der Waals surface area contributed by atoms with E-state index in [0.717, 1.165) is 36.5 Å². The summed E-state index contributed by atoms with van der Waals surface area (Å²) in [5, 5.41) is 7.22. The number of halogens is 1. The van der Waals surface area contributed by atoms with Crippen molar-refractivity contribution < 1.29 is 4.79 Å². The highest BCUT2D eigenvalue weighted by Gasteiger charge is 2.15. The summed E-state index contributed by atoms with van der Waals surface area (Å²) in [6.07, 6.45) is 4.92. The lowest BCUT2D eigenvalue weighted by atomic mass is 9.94. The summed E-state index contributed by atoms with van der Waals surface area (Å²) in [5.74, 6) is 0.822. The molecule has 2 unspecified atom stereocenters. The molecule has 1 amide bonds. The maximum Gasteiger partial charge on any atom is 0.220 e. The smallest absolute Gasteiger partial charge is 0.220 e. The van der Waals surface area contributed by atoms with Gasteiger partial charge in [0.05, 0.1) is 0 Å². The average molecular weight is 309 g/mol. The maximum absolute atomic E-state index is 12.0. The standard InChI is InChI=1S/C17H25ClN2O/c1-13(10-15-4-2-6-16(18)11-15)20-17(21)8-7-14-5-3-9-19-12-14/h2,4,6,11,13-14,19H,3,5,7-10,12H2,1H3,(H,20,21). The van der Waals surface area contributed by atoms with Crippen molar-refractivity contribution in [2.24, 2.45) is 5.92 Å². The third-order valence-electron chi connectivity index (χ3n) is 4.02. The highest BCUT2D eigenvalue weighted by Crippen LogP contribution is 2.16. The van der Waals surface area contributed by atoms with E-state index in [4.69, 9.17) is 11.6 Å². The number of benzene rings is 1. The Morgan fingerprint density at radius 2 is 2.38 bits per heavy atom. The van der Waals surface area contributed by atoms with Crippen LogP contribution in [-0.2, 0) is 11.2 Å². The van der Waals surface area contributed by atoms with Crippen molar-refractivity contribution >= 4 is 17.5 Å². The molecule has 3 nitrogen and oxygen atoms in total. The summed E-state index contributed by atoms with van der Waals surface area (Å²) in [7, 11) is 0. The van der Waals surface area contributed by atoms with Gasteiger partial charge in [0.2, 0.25) is 5.91 Å². The molecule has 2 rings (SSSR count). The molecule has 0 spiro atoms. The summed E-state index contributed by atoms with van der Waals surface area (Å²) in [6.45, 7) is 4.23. The molecule has 0 saturated carbocycles. The van der Waals surface area contributed by atoms with E-state index in [0.29, 0.717) is 12.3 Å². The molecule has 1 fully saturated rings. The van der Waals surface area contributed by atoms with Crippen LogP contribution in [0, 0.1) is 5.92 Å². The van der Waals surface area contributed by atoms with Crippen molar-refractivity contribution in [3.8, 4) is 0 Å². The fraction of sp³-hybridized carbons (Fsp3) is 0.588. The minimum atomic E-state index is 0.139. The molecule has 116 valence electrons. The van der Waals surface area contributed by atoms with Crippen LogP contribution in [0.4, 0.5) is 0 Å². The fourth-order valence-electron chi connectivity index (χ4n) is 2.92. The van der Waals surface area contributed by atoms with Crippen LogP contribution in [-0.4, -0.2) is 25.0 Å². The van der Waals surface area contributed by atoms with E-state index in [1.54, 1.807) is 0 Å². The third-order valence-corrected chi connectivity index (χ3v) is 4.25. The molecule has 0 aliphatic carbocycles. The van der Waals surface area contributed by atoms with Gasteiger partial charge in [0, 0.05) is 17.5 Å². The van der Waals surface area contributed by atoms with E-state index in [1.807, 2.05) is 31.2 Å². The normalized spacial score (nSPS) is 20.0. The monoisotopic (exact) mass is 308 g/mol. The molecule has 1 aromatic rings. The predicted octanol–water partition coefficient (Wildman–Crippen LogP) is 3.17. The van der Waals surface area contributed by atoms with Gasteiger partial charge in [0.1, 0.15) is 0 Å².